The standard InChI is InChI=1S/C18H19ClN2O7S/c1-9(23)25-7-14-16(27-10(2)24)15(21)17(26-8-22)18(28-14)29-12-4-3-11(6-20)13(19)5-12/h3-5,8,14-18H,7,21H2,1-2H3. The van der Waals surface area contributed by atoms with Crippen molar-refractivity contribution in [1.29, 1.82) is 5.26 Å². The summed E-state index contributed by atoms with van der Waals surface area (Å²) in [5.74, 6) is -1.16. The first-order chi connectivity index (χ1) is 13.8. The Hall–Kier alpha value is -2.32. The molecule has 1 saturated heterocycles. The molecule has 156 valence electrons. The molecule has 0 saturated carbocycles. The van der Waals surface area contributed by atoms with E-state index in [2.05, 4.69) is 0 Å². The minimum Gasteiger partial charge on any atom is -0.463 e. The van der Waals surface area contributed by atoms with Crippen molar-refractivity contribution in [2.45, 2.75) is 48.5 Å². The smallest absolute Gasteiger partial charge is 0.303 e. The highest BCUT2D eigenvalue weighted by molar-refractivity contribution is 7.99. The lowest BCUT2D eigenvalue weighted by atomic mass is 9.97. The van der Waals surface area contributed by atoms with Gasteiger partial charge >= 0.3 is 11.9 Å². The Morgan fingerprint density at radius 3 is 2.62 bits per heavy atom. The van der Waals surface area contributed by atoms with E-state index in [4.69, 9.17) is 41.5 Å². The molecule has 1 fully saturated rings. The number of nitrogens with zero attached hydrogens (tertiary/aromatic N) is 1. The van der Waals surface area contributed by atoms with Gasteiger partial charge in [0.1, 0.15) is 30.3 Å². The summed E-state index contributed by atoms with van der Waals surface area (Å²) in [5, 5.41) is 9.24. The largest absolute Gasteiger partial charge is 0.463 e. The zero-order chi connectivity index (χ0) is 21.6. The number of thioether (sulfide) groups is 1. The first-order valence-electron chi connectivity index (χ1n) is 8.43. The number of ether oxygens (including phenoxy) is 4. The van der Waals surface area contributed by atoms with Crippen LogP contribution in [0, 0.1) is 11.3 Å². The van der Waals surface area contributed by atoms with Gasteiger partial charge in [0.25, 0.3) is 6.47 Å². The van der Waals surface area contributed by atoms with Crippen LogP contribution < -0.4 is 5.73 Å². The Morgan fingerprint density at radius 1 is 1.34 bits per heavy atom. The molecule has 11 heteroatoms. The van der Waals surface area contributed by atoms with Crippen molar-refractivity contribution in [3.8, 4) is 6.07 Å². The molecule has 0 bridgehead atoms. The molecule has 29 heavy (non-hydrogen) atoms. The number of hydrogen-bond donors (Lipinski definition) is 1. The minimum absolute atomic E-state index is 0.208. The number of carbonyl (C=O) groups is 3. The number of benzene rings is 1. The van der Waals surface area contributed by atoms with E-state index in [-0.39, 0.29) is 18.1 Å². The van der Waals surface area contributed by atoms with Crippen LogP contribution in [0.5, 0.6) is 0 Å². The van der Waals surface area contributed by atoms with Crippen molar-refractivity contribution < 1.29 is 33.3 Å². The summed E-state index contributed by atoms with van der Waals surface area (Å²) in [6.45, 7) is 2.45. The molecule has 5 atom stereocenters. The van der Waals surface area contributed by atoms with Crippen LogP contribution in [-0.2, 0) is 33.3 Å². The topological polar surface area (TPSA) is 138 Å². The van der Waals surface area contributed by atoms with Crippen molar-refractivity contribution in [2.75, 3.05) is 6.61 Å². The van der Waals surface area contributed by atoms with Crippen molar-refractivity contribution in [1.82, 2.24) is 0 Å². The molecule has 2 N–H and O–H groups in total. The average Bonchev–Trinajstić information content (AvgIpc) is 2.65. The lowest BCUT2D eigenvalue weighted by Gasteiger charge is -2.43. The van der Waals surface area contributed by atoms with Crippen LogP contribution in [0.2, 0.25) is 5.02 Å². The Bertz CT molecular complexity index is 816. The fraction of sp³-hybridized carbons (Fsp3) is 0.444. The number of halogens is 1. The molecular formula is C18H19ClN2O7S. The van der Waals surface area contributed by atoms with Crippen LogP contribution >= 0.6 is 23.4 Å². The van der Waals surface area contributed by atoms with Gasteiger partial charge in [-0.1, -0.05) is 23.4 Å². The lowest BCUT2D eigenvalue weighted by molar-refractivity contribution is -0.197. The minimum atomic E-state index is -1.00. The fourth-order valence-electron chi connectivity index (χ4n) is 2.73. The molecule has 1 aliphatic rings. The third kappa shape index (κ3) is 6.08. The Kier molecular flexibility index (Phi) is 8.28. The van der Waals surface area contributed by atoms with E-state index in [0.29, 0.717) is 10.5 Å². The average molecular weight is 443 g/mol. The summed E-state index contributed by atoms with van der Waals surface area (Å²) < 4.78 is 21.3. The summed E-state index contributed by atoms with van der Waals surface area (Å²) in [4.78, 5) is 34.3. The Morgan fingerprint density at radius 2 is 2.07 bits per heavy atom. The van der Waals surface area contributed by atoms with E-state index in [1.54, 1.807) is 18.2 Å². The molecule has 9 nitrogen and oxygen atoms in total. The van der Waals surface area contributed by atoms with Crippen molar-refractivity contribution in [3.63, 3.8) is 0 Å². The molecule has 2 rings (SSSR count). The zero-order valence-corrected chi connectivity index (χ0v) is 17.1. The van der Waals surface area contributed by atoms with Crippen LogP contribution in [0.25, 0.3) is 0 Å². The third-order valence-electron chi connectivity index (χ3n) is 3.98. The number of carbonyl (C=O) groups excluding carboxylic acids is 3. The van der Waals surface area contributed by atoms with Crippen molar-refractivity contribution in [3.05, 3.63) is 28.8 Å². The number of rotatable bonds is 7. The molecule has 1 aliphatic heterocycles. The quantitative estimate of drug-likeness (QED) is 0.374. The van der Waals surface area contributed by atoms with Crippen LogP contribution in [0.4, 0.5) is 0 Å². The van der Waals surface area contributed by atoms with E-state index in [0.717, 1.165) is 11.8 Å². The zero-order valence-electron chi connectivity index (χ0n) is 15.6. The lowest BCUT2D eigenvalue weighted by Crippen LogP contribution is -2.63. The highest BCUT2D eigenvalue weighted by atomic mass is 35.5. The first-order valence-corrected chi connectivity index (χ1v) is 9.69. The molecule has 0 aromatic heterocycles. The highest BCUT2D eigenvalue weighted by Gasteiger charge is 2.48. The van der Waals surface area contributed by atoms with Crippen LogP contribution in [0.15, 0.2) is 23.1 Å². The molecule has 5 unspecified atom stereocenters. The van der Waals surface area contributed by atoms with Gasteiger partial charge in [-0.05, 0) is 18.2 Å². The normalized spacial score (nSPS) is 26.1. The van der Waals surface area contributed by atoms with Gasteiger partial charge in [0.15, 0.2) is 6.10 Å². The number of hydrogen-bond acceptors (Lipinski definition) is 10. The van der Waals surface area contributed by atoms with E-state index >= 15 is 0 Å². The van der Waals surface area contributed by atoms with Crippen LogP contribution in [0.1, 0.15) is 19.4 Å². The summed E-state index contributed by atoms with van der Waals surface area (Å²) in [5.41, 5.74) is 5.70. The van der Waals surface area contributed by atoms with Gasteiger partial charge in [-0.25, -0.2) is 0 Å². The van der Waals surface area contributed by atoms with Crippen molar-refractivity contribution >= 4 is 41.8 Å². The predicted octanol–water partition coefficient (Wildman–Crippen LogP) is 1.39. The maximum Gasteiger partial charge on any atom is 0.303 e. The second-order valence-electron chi connectivity index (χ2n) is 6.07. The van der Waals surface area contributed by atoms with Gasteiger partial charge < -0.3 is 24.7 Å². The van der Waals surface area contributed by atoms with Crippen LogP contribution in [-0.4, -0.2) is 54.8 Å². The van der Waals surface area contributed by atoms with Gasteiger partial charge in [-0.3, -0.25) is 14.4 Å². The monoisotopic (exact) mass is 442 g/mol. The highest BCUT2D eigenvalue weighted by Crippen LogP contribution is 2.36. The van der Waals surface area contributed by atoms with Crippen LogP contribution in [0.3, 0.4) is 0 Å². The second kappa shape index (κ2) is 10.5. The Balaban J connectivity index is 2.29. The maximum absolute atomic E-state index is 11.5. The predicted molar refractivity (Wildman–Crippen MR) is 102 cm³/mol. The van der Waals surface area contributed by atoms with Gasteiger partial charge in [0.2, 0.25) is 0 Å². The van der Waals surface area contributed by atoms with Gasteiger partial charge in [0, 0.05) is 18.7 Å². The molecule has 0 radical (unpaired) electrons. The molecule has 0 spiro atoms. The number of nitrogens with two attached hydrogens (primary N) is 1. The Labute approximate surface area is 176 Å². The molecular weight excluding hydrogens is 424 g/mol. The van der Waals surface area contributed by atoms with E-state index in [1.165, 1.54) is 13.8 Å². The third-order valence-corrected chi connectivity index (χ3v) is 5.43. The number of esters is 2. The molecule has 1 heterocycles. The fourth-order valence-corrected chi connectivity index (χ4v) is 4.20. The number of nitriles is 1. The van der Waals surface area contributed by atoms with Gasteiger partial charge in [-0.15, -0.1) is 0 Å². The van der Waals surface area contributed by atoms with E-state index in [9.17, 15) is 14.4 Å². The molecule has 1 aromatic carbocycles. The van der Waals surface area contributed by atoms with Gasteiger partial charge in [-0.2, -0.15) is 5.26 Å². The summed E-state index contributed by atoms with van der Waals surface area (Å²) in [6.07, 6.45) is -2.85. The van der Waals surface area contributed by atoms with Gasteiger partial charge in [0.05, 0.1) is 16.6 Å². The maximum atomic E-state index is 11.5. The summed E-state index contributed by atoms with van der Waals surface area (Å²) in [7, 11) is 0. The molecule has 1 aromatic rings. The first kappa shape index (κ1) is 23.0. The second-order valence-corrected chi connectivity index (χ2v) is 7.64. The molecule has 0 aliphatic carbocycles. The SMILES string of the molecule is CC(=O)OCC1OC(Sc2ccc(C#N)c(Cl)c2)C(OC=O)C(N)C1OC(C)=O. The summed E-state index contributed by atoms with van der Waals surface area (Å²) in [6, 6.07) is 5.78. The summed E-state index contributed by atoms with van der Waals surface area (Å²) >= 11 is 7.21. The molecule has 0 amide bonds. The van der Waals surface area contributed by atoms with E-state index < -0.39 is 41.7 Å². The van der Waals surface area contributed by atoms with E-state index in [1.807, 2.05) is 6.07 Å². The van der Waals surface area contributed by atoms with Crippen molar-refractivity contribution in [2.24, 2.45) is 5.73 Å².